The van der Waals surface area contributed by atoms with Crippen LogP contribution in [0.15, 0.2) is 45.7 Å². The van der Waals surface area contributed by atoms with Crippen LogP contribution in [-0.4, -0.2) is 69.5 Å². The number of carbonyl (C=O) groups is 1. The molecular weight excluding hydrogens is 427 g/mol. The summed E-state index contributed by atoms with van der Waals surface area (Å²) in [5, 5.41) is 2.80. The van der Waals surface area contributed by atoms with Gasteiger partial charge >= 0.3 is 0 Å². The zero-order valence-corrected chi connectivity index (χ0v) is 17.2. The highest BCUT2D eigenvalue weighted by molar-refractivity contribution is 7.90. The van der Waals surface area contributed by atoms with Crippen LogP contribution in [0.25, 0.3) is 0 Å². The van der Waals surface area contributed by atoms with E-state index in [9.17, 15) is 17.6 Å². The molecule has 1 amide bonds. The molecule has 0 spiro atoms. The first-order valence-electron chi connectivity index (χ1n) is 9.71. The minimum absolute atomic E-state index is 0.0795. The number of fused-ring (bicyclic) bond motifs is 2. The molecule has 1 N–H and O–H groups in total. The second-order valence-corrected chi connectivity index (χ2v) is 8.96. The van der Waals surface area contributed by atoms with Crippen LogP contribution in [0.2, 0.25) is 0 Å². The van der Waals surface area contributed by atoms with E-state index in [0.717, 1.165) is 0 Å². The Hall–Kier alpha value is -3.18. The number of sulfonamides is 1. The van der Waals surface area contributed by atoms with Gasteiger partial charge in [-0.25, -0.2) is 4.39 Å². The van der Waals surface area contributed by atoms with Crippen molar-refractivity contribution >= 4 is 27.5 Å². The van der Waals surface area contributed by atoms with E-state index in [0.29, 0.717) is 43.2 Å². The number of hydrogen-bond donors (Lipinski definition) is 1. The molecule has 1 saturated heterocycles. The van der Waals surface area contributed by atoms with Gasteiger partial charge in [0.15, 0.2) is 11.5 Å². The Labute approximate surface area is 178 Å². The Morgan fingerprint density at radius 1 is 1.10 bits per heavy atom. The molecule has 0 saturated carbocycles. The molecule has 31 heavy (non-hydrogen) atoms. The van der Waals surface area contributed by atoms with Crippen LogP contribution in [0.5, 0.6) is 11.5 Å². The molecule has 0 radical (unpaired) electrons. The first-order valence-corrected chi connectivity index (χ1v) is 11.2. The number of nitrogens with one attached hydrogen (secondary N) is 1. The van der Waals surface area contributed by atoms with Crippen molar-refractivity contribution in [1.29, 1.82) is 0 Å². The maximum Gasteiger partial charge on any atom is 0.286 e. The Morgan fingerprint density at radius 3 is 2.68 bits per heavy atom. The maximum atomic E-state index is 14.1. The Bertz CT molecular complexity index is 1190. The van der Waals surface area contributed by atoms with Crippen LogP contribution in [0.1, 0.15) is 10.4 Å². The summed E-state index contributed by atoms with van der Waals surface area (Å²) in [6, 6.07) is 8.96. The van der Waals surface area contributed by atoms with Crippen molar-refractivity contribution in [2.75, 3.05) is 44.8 Å². The van der Waals surface area contributed by atoms with E-state index in [-0.39, 0.29) is 35.7 Å². The van der Waals surface area contributed by atoms with Crippen molar-refractivity contribution in [3.63, 3.8) is 0 Å². The molecule has 1 fully saturated rings. The van der Waals surface area contributed by atoms with E-state index >= 15 is 0 Å². The molecule has 2 aromatic carbocycles. The second kappa shape index (κ2) is 7.50. The average molecular weight is 446 g/mol. The van der Waals surface area contributed by atoms with E-state index in [2.05, 4.69) is 9.71 Å². The van der Waals surface area contributed by atoms with Gasteiger partial charge in [0.1, 0.15) is 16.5 Å². The number of amidine groups is 1. The number of nitrogens with zero attached hydrogens (tertiary/aromatic N) is 3. The number of anilines is 1. The molecule has 3 heterocycles. The summed E-state index contributed by atoms with van der Waals surface area (Å²) in [5.74, 6) is 0.583. The van der Waals surface area contributed by atoms with Crippen LogP contribution in [0.4, 0.5) is 10.1 Å². The van der Waals surface area contributed by atoms with Crippen LogP contribution in [0.3, 0.4) is 0 Å². The minimum Gasteiger partial charge on any atom is -0.454 e. The lowest BCUT2D eigenvalue weighted by Crippen LogP contribution is -2.50. The van der Waals surface area contributed by atoms with E-state index in [1.807, 2.05) is 4.90 Å². The van der Waals surface area contributed by atoms with Crippen LogP contribution < -0.4 is 14.8 Å². The zero-order chi connectivity index (χ0) is 21.6. The monoisotopic (exact) mass is 446 g/mol. The predicted molar refractivity (Wildman–Crippen MR) is 110 cm³/mol. The van der Waals surface area contributed by atoms with Gasteiger partial charge in [0.25, 0.3) is 15.9 Å². The van der Waals surface area contributed by atoms with Gasteiger partial charge in [-0.1, -0.05) is 6.07 Å². The summed E-state index contributed by atoms with van der Waals surface area (Å²) in [7, 11) is -3.96. The van der Waals surface area contributed by atoms with Gasteiger partial charge < -0.3 is 19.7 Å². The summed E-state index contributed by atoms with van der Waals surface area (Å²) in [4.78, 5) is 16.3. The molecule has 9 nitrogen and oxygen atoms in total. The Balaban J connectivity index is 1.23. The van der Waals surface area contributed by atoms with E-state index in [1.165, 1.54) is 18.2 Å². The smallest absolute Gasteiger partial charge is 0.286 e. The number of rotatable bonds is 3. The number of benzene rings is 2. The zero-order valence-electron chi connectivity index (χ0n) is 16.4. The Kier molecular flexibility index (Phi) is 4.78. The lowest BCUT2D eigenvalue weighted by atomic mass is 10.1. The van der Waals surface area contributed by atoms with Gasteiger partial charge in [-0.2, -0.15) is 8.42 Å². The van der Waals surface area contributed by atoms with Crippen molar-refractivity contribution in [3.05, 3.63) is 47.8 Å². The molecule has 0 atom stereocenters. The molecule has 0 bridgehead atoms. The Morgan fingerprint density at radius 2 is 1.87 bits per heavy atom. The summed E-state index contributed by atoms with van der Waals surface area (Å²) in [6.45, 7) is 2.35. The summed E-state index contributed by atoms with van der Waals surface area (Å²) < 4.78 is 53.2. The number of carbonyl (C=O) groups excluding carboxylic acids is 1. The van der Waals surface area contributed by atoms with E-state index in [4.69, 9.17) is 9.47 Å². The highest BCUT2D eigenvalue weighted by atomic mass is 32.2. The normalized spacial score (nSPS) is 19.4. The van der Waals surface area contributed by atoms with Crippen LogP contribution in [0, 0.1) is 5.82 Å². The summed E-state index contributed by atoms with van der Waals surface area (Å²) in [6.07, 6.45) is 0. The fourth-order valence-corrected chi connectivity index (χ4v) is 4.95. The molecule has 0 aromatic heterocycles. The molecule has 0 unspecified atom stereocenters. The predicted octanol–water partition coefficient (Wildman–Crippen LogP) is 1.53. The third-order valence-electron chi connectivity index (χ3n) is 5.41. The topological polar surface area (TPSA) is 101 Å². The van der Waals surface area contributed by atoms with Gasteiger partial charge in [-0.15, -0.1) is 4.40 Å². The van der Waals surface area contributed by atoms with Crippen LogP contribution >= 0.6 is 0 Å². The number of halogens is 1. The van der Waals surface area contributed by atoms with Crippen molar-refractivity contribution in [2.24, 2.45) is 4.40 Å². The summed E-state index contributed by atoms with van der Waals surface area (Å²) >= 11 is 0. The molecule has 3 aliphatic heterocycles. The van der Waals surface area contributed by atoms with Crippen molar-refractivity contribution in [1.82, 2.24) is 9.80 Å². The molecule has 2 aromatic rings. The molecule has 11 heteroatoms. The molecule has 5 rings (SSSR count). The highest BCUT2D eigenvalue weighted by Gasteiger charge is 2.29. The lowest BCUT2D eigenvalue weighted by Gasteiger charge is -2.35. The number of ether oxygens (including phenoxy) is 2. The second-order valence-electron chi connectivity index (χ2n) is 7.39. The number of para-hydroxylation sites is 1. The third kappa shape index (κ3) is 3.70. The van der Waals surface area contributed by atoms with Gasteiger partial charge in [0.2, 0.25) is 6.79 Å². The van der Waals surface area contributed by atoms with E-state index < -0.39 is 15.8 Å². The highest BCUT2D eigenvalue weighted by Crippen LogP contribution is 2.33. The number of piperazine rings is 1. The quantitative estimate of drug-likeness (QED) is 0.763. The molecule has 3 aliphatic rings. The fraction of sp³-hybridized carbons (Fsp3) is 0.300. The van der Waals surface area contributed by atoms with Crippen molar-refractivity contribution in [2.45, 2.75) is 4.90 Å². The van der Waals surface area contributed by atoms with E-state index in [1.54, 1.807) is 23.1 Å². The van der Waals surface area contributed by atoms with Gasteiger partial charge in [0, 0.05) is 31.7 Å². The van der Waals surface area contributed by atoms with Crippen molar-refractivity contribution < 1.29 is 27.1 Å². The van der Waals surface area contributed by atoms with Gasteiger partial charge in [0.05, 0.1) is 12.2 Å². The first kappa shape index (κ1) is 19.8. The molecule has 162 valence electrons. The third-order valence-corrected chi connectivity index (χ3v) is 6.76. The van der Waals surface area contributed by atoms with Gasteiger partial charge in [-0.3, -0.25) is 9.69 Å². The largest absolute Gasteiger partial charge is 0.454 e. The number of amides is 1. The first-order chi connectivity index (χ1) is 14.9. The van der Waals surface area contributed by atoms with Gasteiger partial charge in [-0.05, 0) is 30.3 Å². The standard InChI is InChI=1S/C20H19FN4O5S/c21-14-2-1-3-17-19(14)22-18(23-31(17,27)28)11-24-6-8-25(9-7-24)20(26)13-4-5-15-16(10-13)30-12-29-15/h1-5,10H,6-9,11-12H2,(H,22,23). The average Bonchev–Trinajstić information content (AvgIpc) is 3.22. The SMILES string of the molecule is O=C(c1ccc2c(c1)OCO2)N1CCN(CC2=NS(=O)(=O)c3cccc(F)c3N2)CC1. The summed E-state index contributed by atoms with van der Waals surface area (Å²) in [5.41, 5.74) is 0.443. The molecule has 0 aliphatic carbocycles. The van der Waals surface area contributed by atoms with Crippen molar-refractivity contribution in [3.8, 4) is 11.5 Å². The maximum absolute atomic E-state index is 14.1. The number of hydrogen-bond acceptors (Lipinski definition) is 7. The van der Waals surface area contributed by atoms with Crippen LogP contribution in [-0.2, 0) is 10.0 Å². The fourth-order valence-electron chi connectivity index (χ4n) is 3.80. The minimum atomic E-state index is -3.96. The molecular formula is C20H19FN4O5S. The lowest BCUT2D eigenvalue weighted by molar-refractivity contribution is 0.0654.